The fourth-order valence-electron chi connectivity index (χ4n) is 3.09. The third kappa shape index (κ3) is 5.80. The van der Waals surface area contributed by atoms with Gasteiger partial charge in [-0.2, -0.15) is 0 Å². The summed E-state index contributed by atoms with van der Waals surface area (Å²) in [6.07, 6.45) is 5.31. The van der Waals surface area contributed by atoms with E-state index < -0.39 is 0 Å². The van der Waals surface area contributed by atoms with Crippen molar-refractivity contribution in [2.45, 2.75) is 71.5 Å². The van der Waals surface area contributed by atoms with Gasteiger partial charge in [-0.1, -0.05) is 20.3 Å². The maximum Gasteiger partial charge on any atom is 0.0223 e. The van der Waals surface area contributed by atoms with E-state index in [0.717, 1.165) is 12.6 Å². The lowest BCUT2D eigenvalue weighted by Crippen LogP contribution is -2.46. The van der Waals surface area contributed by atoms with Crippen molar-refractivity contribution in [2.75, 3.05) is 33.2 Å². The van der Waals surface area contributed by atoms with E-state index in [2.05, 4.69) is 49.9 Å². The Kier molecular flexibility index (Phi) is 7.96. The molecule has 1 saturated heterocycles. The molecule has 0 amide bonds. The Balaban J connectivity index is 2.26. The maximum atomic E-state index is 3.66. The first kappa shape index (κ1) is 16.9. The van der Waals surface area contributed by atoms with Crippen LogP contribution in [-0.4, -0.2) is 61.2 Å². The van der Waals surface area contributed by atoms with E-state index in [4.69, 9.17) is 0 Å². The highest BCUT2D eigenvalue weighted by molar-refractivity contribution is 4.82. The van der Waals surface area contributed by atoms with Gasteiger partial charge in [0.1, 0.15) is 0 Å². The van der Waals surface area contributed by atoms with E-state index in [-0.39, 0.29) is 0 Å². The molecule has 3 unspecified atom stereocenters. The molecule has 0 saturated carbocycles. The van der Waals surface area contributed by atoms with Gasteiger partial charge in [-0.3, -0.25) is 4.90 Å². The van der Waals surface area contributed by atoms with Crippen molar-refractivity contribution in [2.24, 2.45) is 0 Å². The molecule has 1 aliphatic heterocycles. The highest BCUT2D eigenvalue weighted by atomic mass is 15.2. The van der Waals surface area contributed by atoms with Crippen molar-refractivity contribution in [3.05, 3.63) is 0 Å². The quantitative estimate of drug-likeness (QED) is 0.694. The number of likely N-dealkylation sites (N-methyl/N-ethyl adjacent to an activating group) is 2. The third-order valence-corrected chi connectivity index (χ3v) is 4.64. The largest absolute Gasteiger partial charge is 0.313 e. The summed E-state index contributed by atoms with van der Waals surface area (Å²) < 4.78 is 0. The molecule has 3 nitrogen and oxygen atoms in total. The molecular weight excluding hydrogens is 234 g/mol. The van der Waals surface area contributed by atoms with E-state index in [9.17, 15) is 0 Å². The van der Waals surface area contributed by atoms with Gasteiger partial charge in [0.05, 0.1) is 0 Å². The van der Waals surface area contributed by atoms with Gasteiger partial charge >= 0.3 is 0 Å². The Labute approximate surface area is 120 Å². The Bertz CT molecular complexity index is 232. The van der Waals surface area contributed by atoms with E-state index in [1.165, 1.54) is 45.3 Å². The van der Waals surface area contributed by atoms with Crippen LogP contribution in [0.5, 0.6) is 0 Å². The van der Waals surface area contributed by atoms with E-state index in [1.54, 1.807) is 0 Å². The van der Waals surface area contributed by atoms with Crippen molar-refractivity contribution >= 4 is 0 Å². The van der Waals surface area contributed by atoms with Crippen molar-refractivity contribution < 1.29 is 0 Å². The predicted octanol–water partition coefficient (Wildman–Crippen LogP) is 2.57. The molecule has 1 rings (SSSR count). The monoisotopic (exact) mass is 269 g/mol. The minimum atomic E-state index is 0.624. The molecule has 114 valence electrons. The van der Waals surface area contributed by atoms with Crippen LogP contribution < -0.4 is 5.32 Å². The first-order valence-electron chi connectivity index (χ1n) is 8.26. The van der Waals surface area contributed by atoms with Crippen LogP contribution in [0.25, 0.3) is 0 Å². The molecular formula is C16H35N3. The maximum absolute atomic E-state index is 3.66. The normalized spacial score (nSPS) is 24.0. The first-order valence-corrected chi connectivity index (χ1v) is 8.26. The Morgan fingerprint density at radius 1 is 1.32 bits per heavy atom. The summed E-state index contributed by atoms with van der Waals surface area (Å²) in [4.78, 5) is 5.17. The fourth-order valence-corrected chi connectivity index (χ4v) is 3.09. The van der Waals surface area contributed by atoms with Gasteiger partial charge in [0.25, 0.3) is 0 Å². The second-order valence-electron chi connectivity index (χ2n) is 6.31. The van der Waals surface area contributed by atoms with Crippen LogP contribution in [0.15, 0.2) is 0 Å². The number of hydrogen-bond acceptors (Lipinski definition) is 3. The van der Waals surface area contributed by atoms with Gasteiger partial charge < -0.3 is 10.2 Å². The lowest BCUT2D eigenvalue weighted by atomic mass is 10.1. The smallest absolute Gasteiger partial charge is 0.0223 e. The highest BCUT2D eigenvalue weighted by Crippen LogP contribution is 2.17. The van der Waals surface area contributed by atoms with E-state index >= 15 is 0 Å². The summed E-state index contributed by atoms with van der Waals surface area (Å²) in [5.74, 6) is 0. The molecule has 1 fully saturated rings. The molecule has 1 N–H and O–H groups in total. The molecule has 0 spiro atoms. The summed E-state index contributed by atoms with van der Waals surface area (Å²) in [6.45, 7) is 14.0. The molecule has 0 aliphatic carbocycles. The standard InChI is InChI=1S/C16H35N3/c1-6-9-14(3)17-12-15(4)18(5)13-16-10-8-11-19(16)7-2/h14-17H,6-13H2,1-5H3. The van der Waals surface area contributed by atoms with Crippen LogP contribution in [0, 0.1) is 0 Å². The van der Waals surface area contributed by atoms with Gasteiger partial charge in [0.15, 0.2) is 0 Å². The van der Waals surface area contributed by atoms with Crippen molar-refractivity contribution in [3.8, 4) is 0 Å². The SMILES string of the molecule is CCCC(C)NCC(C)N(C)CC1CCCN1CC. The lowest BCUT2D eigenvalue weighted by Gasteiger charge is -2.32. The summed E-state index contributed by atoms with van der Waals surface area (Å²) >= 11 is 0. The zero-order chi connectivity index (χ0) is 14.3. The zero-order valence-electron chi connectivity index (χ0n) is 13.8. The van der Waals surface area contributed by atoms with E-state index in [0.29, 0.717) is 12.1 Å². The summed E-state index contributed by atoms with van der Waals surface area (Å²) in [5.41, 5.74) is 0. The molecule has 1 aliphatic rings. The molecule has 0 radical (unpaired) electrons. The number of likely N-dealkylation sites (tertiary alicyclic amines) is 1. The number of hydrogen-bond donors (Lipinski definition) is 1. The average molecular weight is 269 g/mol. The van der Waals surface area contributed by atoms with Crippen LogP contribution in [0.1, 0.15) is 53.4 Å². The van der Waals surface area contributed by atoms with Crippen molar-refractivity contribution in [1.82, 2.24) is 15.1 Å². The zero-order valence-corrected chi connectivity index (χ0v) is 13.8. The summed E-state index contributed by atoms with van der Waals surface area (Å²) in [7, 11) is 2.28. The second kappa shape index (κ2) is 8.93. The Hall–Kier alpha value is -0.120. The van der Waals surface area contributed by atoms with Gasteiger partial charge in [-0.05, 0) is 53.2 Å². The molecule has 0 aromatic carbocycles. The van der Waals surface area contributed by atoms with Crippen LogP contribution in [0.4, 0.5) is 0 Å². The van der Waals surface area contributed by atoms with Gasteiger partial charge in [-0.15, -0.1) is 0 Å². The van der Waals surface area contributed by atoms with Gasteiger partial charge in [0.2, 0.25) is 0 Å². The minimum Gasteiger partial charge on any atom is -0.313 e. The van der Waals surface area contributed by atoms with Gasteiger partial charge in [0, 0.05) is 31.2 Å². The molecule has 19 heavy (non-hydrogen) atoms. The van der Waals surface area contributed by atoms with Crippen LogP contribution in [-0.2, 0) is 0 Å². The minimum absolute atomic E-state index is 0.624. The van der Waals surface area contributed by atoms with Gasteiger partial charge in [-0.25, -0.2) is 0 Å². The Morgan fingerprint density at radius 2 is 2.05 bits per heavy atom. The number of nitrogens with zero attached hydrogens (tertiary/aromatic N) is 2. The lowest BCUT2D eigenvalue weighted by molar-refractivity contribution is 0.166. The predicted molar refractivity (Wildman–Crippen MR) is 84.7 cm³/mol. The molecule has 0 aromatic heterocycles. The van der Waals surface area contributed by atoms with Crippen LogP contribution in [0.3, 0.4) is 0 Å². The second-order valence-corrected chi connectivity index (χ2v) is 6.31. The summed E-state index contributed by atoms with van der Waals surface area (Å²) in [6, 6.07) is 2.06. The molecule has 0 bridgehead atoms. The highest BCUT2D eigenvalue weighted by Gasteiger charge is 2.25. The fraction of sp³-hybridized carbons (Fsp3) is 1.00. The average Bonchev–Trinajstić information content (AvgIpc) is 2.83. The van der Waals surface area contributed by atoms with Crippen LogP contribution in [0.2, 0.25) is 0 Å². The molecule has 3 atom stereocenters. The first-order chi connectivity index (χ1) is 9.08. The molecule has 0 aromatic rings. The molecule has 1 heterocycles. The molecule has 3 heteroatoms. The topological polar surface area (TPSA) is 18.5 Å². The number of rotatable bonds is 9. The van der Waals surface area contributed by atoms with Crippen LogP contribution >= 0.6 is 0 Å². The number of nitrogens with one attached hydrogen (secondary N) is 1. The third-order valence-electron chi connectivity index (χ3n) is 4.64. The Morgan fingerprint density at radius 3 is 2.68 bits per heavy atom. The van der Waals surface area contributed by atoms with Crippen molar-refractivity contribution in [3.63, 3.8) is 0 Å². The van der Waals surface area contributed by atoms with Crippen molar-refractivity contribution in [1.29, 1.82) is 0 Å². The summed E-state index contributed by atoms with van der Waals surface area (Å²) in [5, 5.41) is 3.66. The van der Waals surface area contributed by atoms with E-state index in [1.807, 2.05) is 0 Å².